The van der Waals surface area contributed by atoms with Gasteiger partial charge in [0.2, 0.25) is 5.91 Å². The van der Waals surface area contributed by atoms with Crippen molar-refractivity contribution in [2.24, 2.45) is 0 Å². The summed E-state index contributed by atoms with van der Waals surface area (Å²) >= 11 is 4.34. The average molecular weight is 401 g/mol. The summed E-state index contributed by atoms with van der Waals surface area (Å²) in [5.74, 6) is 0.487. The van der Waals surface area contributed by atoms with Crippen LogP contribution in [0, 0.1) is 0 Å². The number of amides is 3. The van der Waals surface area contributed by atoms with Gasteiger partial charge in [-0.25, -0.2) is 4.79 Å². The van der Waals surface area contributed by atoms with Crippen LogP contribution in [0.2, 0.25) is 0 Å². The second-order valence-corrected chi connectivity index (χ2v) is 9.93. The van der Waals surface area contributed by atoms with Gasteiger partial charge in [0.15, 0.2) is 8.68 Å². The van der Waals surface area contributed by atoms with Gasteiger partial charge < -0.3 is 5.32 Å². The zero-order valence-corrected chi connectivity index (χ0v) is 17.0. The Hall–Kier alpha value is -1.06. The lowest BCUT2D eigenvalue weighted by atomic mass is 9.96. The maximum Gasteiger partial charge on any atom is 0.321 e. The lowest BCUT2D eigenvalue weighted by Gasteiger charge is -2.22. The zero-order chi connectivity index (χ0) is 18.2. The SMILES string of the molecule is C=C(C)CSc1nnc(S[C@H](C)C(=O)NC(=O)NC2CCCCC2)s1. The molecule has 2 rings (SSSR count). The molecule has 138 valence electrons. The standard InChI is InChI=1S/C16H24N4O2S3/c1-10(2)9-23-15-19-20-16(25-15)24-11(3)13(21)18-14(22)17-12-7-5-4-6-8-12/h11-12H,1,4-9H2,2-3H3,(H2,17,18,21,22)/t11-/m1/s1. The third-order valence-electron chi connectivity index (χ3n) is 3.65. The van der Waals surface area contributed by atoms with E-state index in [1.165, 1.54) is 29.5 Å². The van der Waals surface area contributed by atoms with Gasteiger partial charge >= 0.3 is 6.03 Å². The zero-order valence-electron chi connectivity index (χ0n) is 14.5. The molecule has 1 heterocycles. The molecule has 2 N–H and O–H groups in total. The van der Waals surface area contributed by atoms with Gasteiger partial charge in [-0.05, 0) is 26.7 Å². The van der Waals surface area contributed by atoms with Crippen LogP contribution in [-0.4, -0.2) is 39.2 Å². The number of urea groups is 1. The molecular formula is C16H24N4O2S3. The van der Waals surface area contributed by atoms with Crippen molar-refractivity contribution in [3.8, 4) is 0 Å². The summed E-state index contributed by atoms with van der Waals surface area (Å²) in [6.45, 7) is 7.58. The van der Waals surface area contributed by atoms with Crippen LogP contribution >= 0.6 is 34.9 Å². The van der Waals surface area contributed by atoms with Gasteiger partial charge in [-0.15, -0.1) is 10.2 Å². The topological polar surface area (TPSA) is 84.0 Å². The predicted octanol–water partition coefficient (Wildman–Crippen LogP) is 3.85. The molecule has 1 aromatic heterocycles. The Bertz CT molecular complexity index is 614. The minimum atomic E-state index is -0.413. The number of carbonyl (C=O) groups is 2. The first-order valence-electron chi connectivity index (χ1n) is 8.32. The summed E-state index contributed by atoms with van der Waals surface area (Å²) in [7, 11) is 0. The highest BCUT2D eigenvalue weighted by Crippen LogP contribution is 2.31. The second kappa shape index (κ2) is 10.2. The lowest BCUT2D eigenvalue weighted by molar-refractivity contribution is -0.119. The summed E-state index contributed by atoms with van der Waals surface area (Å²) < 4.78 is 1.58. The van der Waals surface area contributed by atoms with E-state index >= 15 is 0 Å². The molecule has 25 heavy (non-hydrogen) atoms. The smallest absolute Gasteiger partial charge is 0.321 e. The first kappa shape index (κ1) is 20.3. The van der Waals surface area contributed by atoms with Crippen LogP contribution in [0.5, 0.6) is 0 Å². The molecule has 9 heteroatoms. The van der Waals surface area contributed by atoms with Crippen molar-refractivity contribution in [1.29, 1.82) is 0 Å². The second-order valence-electron chi connectivity index (χ2n) is 6.14. The molecule has 0 spiro atoms. The van der Waals surface area contributed by atoms with Crippen molar-refractivity contribution in [3.63, 3.8) is 0 Å². The molecule has 1 aliphatic carbocycles. The van der Waals surface area contributed by atoms with Crippen molar-refractivity contribution in [2.75, 3.05) is 5.75 Å². The van der Waals surface area contributed by atoms with E-state index in [1.54, 1.807) is 18.7 Å². The minimum absolute atomic E-state index is 0.181. The third-order valence-corrected chi connectivity index (χ3v) is 7.13. The fourth-order valence-electron chi connectivity index (χ4n) is 2.37. The van der Waals surface area contributed by atoms with Crippen molar-refractivity contribution in [3.05, 3.63) is 12.2 Å². The number of rotatable bonds is 7. The Labute approximate surface area is 161 Å². The first-order chi connectivity index (χ1) is 11.9. The van der Waals surface area contributed by atoms with Crippen LogP contribution in [0.4, 0.5) is 4.79 Å². The monoisotopic (exact) mass is 400 g/mol. The van der Waals surface area contributed by atoms with Crippen molar-refractivity contribution < 1.29 is 9.59 Å². The van der Waals surface area contributed by atoms with E-state index in [-0.39, 0.29) is 11.9 Å². The van der Waals surface area contributed by atoms with Gasteiger partial charge in [-0.2, -0.15) is 0 Å². The van der Waals surface area contributed by atoms with Crippen LogP contribution in [0.15, 0.2) is 20.8 Å². The summed E-state index contributed by atoms with van der Waals surface area (Å²) in [6.07, 6.45) is 5.46. The van der Waals surface area contributed by atoms with E-state index in [0.29, 0.717) is 0 Å². The molecule has 0 unspecified atom stereocenters. The molecule has 1 fully saturated rings. The average Bonchev–Trinajstić information content (AvgIpc) is 3.01. The Morgan fingerprint density at radius 2 is 1.96 bits per heavy atom. The largest absolute Gasteiger partial charge is 0.335 e. The van der Waals surface area contributed by atoms with Crippen molar-refractivity contribution >= 4 is 46.8 Å². The maximum absolute atomic E-state index is 12.2. The number of nitrogens with zero attached hydrogens (tertiary/aromatic N) is 2. The maximum atomic E-state index is 12.2. The summed E-state index contributed by atoms with van der Waals surface area (Å²) in [5, 5.41) is 13.1. The molecule has 1 aromatic rings. The molecule has 0 aromatic carbocycles. The van der Waals surface area contributed by atoms with E-state index in [1.807, 2.05) is 6.92 Å². The van der Waals surface area contributed by atoms with Crippen molar-refractivity contribution in [2.45, 2.75) is 65.9 Å². The Morgan fingerprint density at radius 1 is 1.28 bits per heavy atom. The van der Waals surface area contributed by atoms with Gasteiger partial charge in [0.25, 0.3) is 0 Å². The Kier molecular flexibility index (Phi) is 8.25. The molecule has 1 saturated carbocycles. The molecule has 0 bridgehead atoms. The van der Waals surface area contributed by atoms with Gasteiger partial charge in [0.1, 0.15) is 0 Å². The van der Waals surface area contributed by atoms with E-state index in [4.69, 9.17) is 0 Å². The lowest BCUT2D eigenvalue weighted by Crippen LogP contribution is -2.47. The Morgan fingerprint density at radius 3 is 2.64 bits per heavy atom. The van der Waals surface area contributed by atoms with Crippen molar-refractivity contribution in [1.82, 2.24) is 20.8 Å². The predicted molar refractivity (Wildman–Crippen MR) is 104 cm³/mol. The highest BCUT2D eigenvalue weighted by molar-refractivity contribution is 8.04. The molecule has 1 aliphatic rings. The number of thioether (sulfide) groups is 2. The quantitative estimate of drug-likeness (QED) is 0.534. The number of imide groups is 1. The number of carbonyl (C=O) groups excluding carboxylic acids is 2. The molecular weight excluding hydrogens is 376 g/mol. The molecule has 3 amide bonds. The Balaban J connectivity index is 1.75. The summed E-state index contributed by atoms with van der Waals surface area (Å²) in [4.78, 5) is 24.1. The molecule has 0 saturated heterocycles. The number of hydrogen-bond donors (Lipinski definition) is 2. The van der Waals surface area contributed by atoms with Gasteiger partial charge in [0, 0.05) is 11.8 Å². The molecule has 1 atom stereocenters. The van der Waals surface area contributed by atoms with E-state index < -0.39 is 11.3 Å². The van der Waals surface area contributed by atoms with E-state index in [2.05, 4.69) is 27.4 Å². The number of nitrogens with one attached hydrogen (secondary N) is 2. The molecule has 0 radical (unpaired) electrons. The van der Waals surface area contributed by atoms with Gasteiger partial charge in [-0.3, -0.25) is 10.1 Å². The summed E-state index contributed by atoms with van der Waals surface area (Å²) in [6, 6.07) is -0.222. The minimum Gasteiger partial charge on any atom is -0.335 e. The van der Waals surface area contributed by atoms with E-state index in [9.17, 15) is 9.59 Å². The number of hydrogen-bond acceptors (Lipinski definition) is 7. The normalized spacial score (nSPS) is 16.2. The highest BCUT2D eigenvalue weighted by atomic mass is 32.2. The first-order valence-corrected chi connectivity index (χ1v) is 11.0. The van der Waals surface area contributed by atoms with Gasteiger partial charge in [0.05, 0.1) is 5.25 Å². The molecule has 6 nitrogen and oxygen atoms in total. The van der Waals surface area contributed by atoms with Gasteiger partial charge in [-0.1, -0.05) is 66.3 Å². The van der Waals surface area contributed by atoms with Crippen LogP contribution in [0.3, 0.4) is 0 Å². The highest BCUT2D eigenvalue weighted by Gasteiger charge is 2.21. The van der Waals surface area contributed by atoms with E-state index in [0.717, 1.165) is 45.7 Å². The fraction of sp³-hybridized carbons (Fsp3) is 0.625. The number of aromatic nitrogens is 2. The van der Waals surface area contributed by atoms with Crippen LogP contribution in [0.25, 0.3) is 0 Å². The molecule has 0 aliphatic heterocycles. The fourth-order valence-corrected chi connectivity index (χ4v) is 5.38. The summed E-state index contributed by atoms with van der Waals surface area (Å²) in [5.41, 5.74) is 1.08. The van der Waals surface area contributed by atoms with Crippen LogP contribution < -0.4 is 10.6 Å². The van der Waals surface area contributed by atoms with Crippen LogP contribution in [-0.2, 0) is 4.79 Å². The third kappa shape index (κ3) is 7.37. The van der Waals surface area contributed by atoms with Crippen LogP contribution in [0.1, 0.15) is 46.0 Å².